The van der Waals surface area contributed by atoms with E-state index in [0.717, 1.165) is 24.2 Å². The Morgan fingerprint density at radius 1 is 1.31 bits per heavy atom. The van der Waals surface area contributed by atoms with Crippen LogP contribution in [0.2, 0.25) is 0 Å². The third-order valence-corrected chi connectivity index (χ3v) is 3.00. The second kappa shape index (κ2) is 5.55. The van der Waals surface area contributed by atoms with Crippen LogP contribution in [-0.2, 0) is 6.42 Å². The van der Waals surface area contributed by atoms with Crippen LogP contribution in [0.1, 0.15) is 30.0 Å². The Hall–Kier alpha value is -1.49. The van der Waals surface area contributed by atoms with E-state index in [1.54, 1.807) is 7.11 Å². The van der Waals surface area contributed by atoms with E-state index in [-0.39, 0.29) is 5.92 Å². The predicted octanol–water partition coefficient (Wildman–Crippen LogP) is 3.40. The highest BCUT2D eigenvalue weighted by Crippen LogP contribution is 2.24. The molecule has 0 radical (unpaired) electrons. The molecule has 2 heteroatoms. The Morgan fingerprint density at radius 3 is 2.50 bits per heavy atom. The summed E-state index contributed by atoms with van der Waals surface area (Å²) in [7, 11) is 1.69. The summed E-state index contributed by atoms with van der Waals surface area (Å²) < 4.78 is 5.27. The van der Waals surface area contributed by atoms with Crippen molar-refractivity contribution in [3.05, 3.63) is 28.8 Å². The molecule has 0 aromatic heterocycles. The normalized spacial score (nSPS) is 11.9. The molecule has 0 amide bonds. The second-order valence-electron chi connectivity index (χ2n) is 4.19. The zero-order valence-electron chi connectivity index (χ0n) is 10.5. The topological polar surface area (TPSA) is 33.0 Å². The zero-order valence-corrected chi connectivity index (χ0v) is 10.5. The van der Waals surface area contributed by atoms with Gasteiger partial charge in [0.15, 0.2) is 0 Å². The van der Waals surface area contributed by atoms with Crippen molar-refractivity contribution in [3.8, 4) is 11.8 Å². The summed E-state index contributed by atoms with van der Waals surface area (Å²) in [6, 6.07) is 6.53. The fraction of sp³-hybridized carbons (Fsp3) is 0.500. The van der Waals surface area contributed by atoms with Crippen LogP contribution < -0.4 is 4.74 Å². The molecular formula is C14H19NO. The van der Waals surface area contributed by atoms with Gasteiger partial charge in [0, 0.05) is 0 Å². The maximum atomic E-state index is 8.97. The number of nitrogens with zero attached hydrogens (tertiary/aromatic N) is 1. The van der Waals surface area contributed by atoms with Gasteiger partial charge in [0.2, 0.25) is 0 Å². The second-order valence-corrected chi connectivity index (χ2v) is 4.19. The molecule has 2 nitrogen and oxygen atoms in total. The van der Waals surface area contributed by atoms with Crippen LogP contribution in [0.15, 0.2) is 12.1 Å². The number of nitriles is 1. The highest BCUT2D eigenvalue weighted by molar-refractivity contribution is 5.41. The van der Waals surface area contributed by atoms with Gasteiger partial charge in [-0.1, -0.05) is 13.0 Å². The van der Waals surface area contributed by atoms with E-state index >= 15 is 0 Å². The molecule has 0 saturated heterocycles. The first-order chi connectivity index (χ1) is 7.62. The molecule has 0 aliphatic carbocycles. The third-order valence-electron chi connectivity index (χ3n) is 3.00. The van der Waals surface area contributed by atoms with E-state index in [4.69, 9.17) is 10.00 Å². The molecule has 0 N–H and O–H groups in total. The van der Waals surface area contributed by atoms with E-state index < -0.39 is 0 Å². The lowest BCUT2D eigenvalue weighted by Gasteiger charge is -2.13. The van der Waals surface area contributed by atoms with Crippen molar-refractivity contribution in [1.29, 1.82) is 5.26 Å². The number of benzene rings is 1. The highest BCUT2D eigenvalue weighted by Gasteiger charge is 2.10. The molecule has 0 heterocycles. The van der Waals surface area contributed by atoms with Gasteiger partial charge in [-0.2, -0.15) is 5.26 Å². The lowest BCUT2D eigenvalue weighted by Crippen LogP contribution is -2.03. The van der Waals surface area contributed by atoms with Crippen LogP contribution in [0.5, 0.6) is 5.75 Å². The maximum absolute atomic E-state index is 8.97. The molecule has 1 unspecified atom stereocenters. The lowest BCUT2D eigenvalue weighted by atomic mass is 9.94. The van der Waals surface area contributed by atoms with E-state index in [0.29, 0.717) is 0 Å². The van der Waals surface area contributed by atoms with Crippen LogP contribution in [-0.4, -0.2) is 7.11 Å². The van der Waals surface area contributed by atoms with Gasteiger partial charge >= 0.3 is 0 Å². The number of aryl methyl sites for hydroxylation is 2. The van der Waals surface area contributed by atoms with Crippen molar-refractivity contribution in [1.82, 2.24) is 0 Å². The maximum Gasteiger partial charge on any atom is 0.122 e. The Balaban J connectivity index is 2.98. The number of hydrogen-bond donors (Lipinski definition) is 0. The summed E-state index contributed by atoms with van der Waals surface area (Å²) in [5.74, 6) is 1.04. The monoisotopic (exact) mass is 217 g/mol. The average molecular weight is 217 g/mol. The number of rotatable bonds is 4. The fourth-order valence-electron chi connectivity index (χ4n) is 1.84. The smallest absolute Gasteiger partial charge is 0.122 e. The molecule has 1 aromatic carbocycles. The molecule has 86 valence electrons. The minimum absolute atomic E-state index is 0.117. The Labute approximate surface area is 97.9 Å². The third kappa shape index (κ3) is 2.76. The van der Waals surface area contributed by atoms with Gasteiger partial charge in [0.25, 0.3) is 0 Å². The van der Waals surface area contributed by atoms with Crippen molar-refractivity contribution < 1.29 is 4.74 Å². The molecule has 0 fully saturated rings. The molecule has 0 aliphatic rings. The Bertz CT molecular complexity index is 404. The molecule has 0 saturated carbocycles. The van der Waals surface area contributed by atoms with Crippen molar-refractivity contribution in [3.63, 3.8) is 0 Å². The summed E-state index contributed by atoms with van der Waals surface area (Å²) in [5, 5.41) is 8.97. The van der Waals surface area contributed by atoms with Gasteiger partial charge in [0.05, 0.1) is 19.1 Å². The average Bonchev–Trinajstić information content (AvgIpc) is 2.29. The van der Waals surface area contributed by atoms with Gasteiger partial charge in [-0.3, -0.25) is 0 Å². The molecule has 0 spiro atoms. The van der Waals surface area contributed by atoms with Gasteiger partial charge < -0.3 is 4.74 Å². The standard InChI is InChI=1S/C14H19NO/c1-5-12(9-15)8-13-6-11(3)14(16-4)7-10(13)2/h6-7,12H,5,8H2,1-4H3. The molecule has 1 rings (SSSR count). The fourth-order valence-corrected chi connectivity index (χ4v) is 1.84. The van der Waals surface area contributed by atoms with Crippen LogP contribution in [0.4, 0.5) is 0 Å². The minimum atomic E-state index is 0.117. The number of hydrogen-bond acceptors (Lipinski definition) is 2. The van der Waals surface area contributed by atoms with E-state index in [9.17, 15) is 0 Å². The van der Waals surface area contributed by atoms with Gasteiger partial charge in [-0.05, 0) is 49.4 Å². The van der Waals surface area contributed by atoms with E-state index in [1.165, 1.54) is 11.1 Å². The van der Waals surface area contributed by atoms with Crippen LogP contribution in [0, 0.1) is 31.1 Å². The summed E-state index contributed by atoms with van der Waals surface area (Å²) in [5.41, 5.74) is 3.60. The first kappa shape index (κ1) is 12.6. The summed E-state index contributed by atoms with van der Waals surface area (Å²) in [6.45, 7) is 6.16. The largest absolute Gasteiger partial charge is 0.496 e. The van der Waals surface area contributed by atoms with Crippen molar-refractivity contribution in [2.75, 3.05) is 7.11 Å². The highest BCUT2D eigenvalue weighted by atomic mass is 16.5. The molecule has 0 aliphatic heterocycles. The molecule has 1 aromatic rings. The van der Waals surface area contributed by atoms with Gasteiger partial charge in [0.1, 0.15) is 5.75 Å². The van der Waals surface area contributed by atoms with Crippen molar-refractivity contribution in [2.24, 2.45) is 5.92 Å². The van der Waals surface area contributed by atoms with Crippen LogP contribution in [0.3, 0.4) is 0 Å². The van der Waals surface area contributed by atoms with Crippen LogP contribution in [0.25, 0.3) is 0 Å². The quantitative estimate of drug-likeness (QED) is 0.774. The van der Waals surface area contributed by atoms with E-state index in [1.807, 2.05) is 6.92 Å². The lowest BCUT2D eigenvalue weighted by molar-refractivity contribution is 0.411. The van der Waals surface area contributed by atoms with Crippen molar-refractivity contribution in [2.45, 2.75) is 33.6 Å². The van der Waals surface area contributed by atoms with E-state index in [2.05, 4.69) is 32.0 Å². The first-order valence-corrected chi connectivity index (χ1v) is 5.66. The van der Waals surface area contributed by atoms with Gasteiger partial charge in [-0.15, -0.1) is 0 Å². The first-order valence-electron chi connectivity index (χ1n) is 5.66. The Kier molecular flexibility index (Phi) is 4.37. The minimum Gasteiger partial charge on any atom is -0.496 e. The molecule has 0 bridgehead atoms. The number of methoxy groups -OCH3 is 1. The molecule has 16 heavy (non-hydrogen) atoms. The summed E-state index contributed by atoms with van der Waals surface area (Å²) >= 11 is 0. The summed E-state index contributed by atoms with van der Waals surface area (Å²) in [4.78, 5) is 0. The van der Waals surface area contributed by atoms with Crippen LogP contribution >= 0.6 is 0 Å². The molecule has 1 atom stereocenters. The zero-order chi connectivity index (χ0) is 12.1. The number of ether oxygens (including phenoxy) is 1. The Morgan fingerprint density at radius 2 is 2.00 bits per heavy atom. The molecular weight excluding hydrogens is 198 g/mol. The summed E-state index contributed by atoms with van der Waals surface area (Å²) in [6.07, 6.45) is 1.74. The predicted molar refractivity (Wildman–Crippen MR) is 65.6 cm³/mol. The SMILES string of the molecule is CCC(C#N)Cc1cc(C)c(OC)cc1C. The van der Waals surface area contributed by atoms with Crippen molar-refractivity contribution >= 4 is 0 Å². The van der Waals surface area contributed by atoms with Gasteiger partial charge in [-0.25, -0.2) is 0 Å².